The molecule has 0 unspecified atom stereocenters. The van der Waals surface area contributed by atoms with E-state index in [4.69, 9.17) is 9.47 Å². The fourth-order valence-electron chi connectivity index (χ4n) is 2.35. The number of esters is 2. The second kappa shape index (κ2) is 8.09. The number of Topliss-reactive ketones (excluding diaryl/α,β-unsaturated/α-hetero) is 1. The fraction of sp³-hybridized carbons (Fsp3) is 0.222. The highest BCUT2D eigenvalue weighted by atomic mass is 32.2. The van der Waals surface area contributed by atoms with E-state index < -0.39 is 49.4 Å². The van der Waals surface area contributed by atoms with Crippen molar-refractivity contribution in [1.29, 1.82) is 0 Å². The predicted octanol–water partition coefficient (Wildman–Crippen LogP) is 0.919. The average molecular weight is 392 g/mol. The molecule has 0 aromatic heterocycles. The highest BCUT2D eigenvalue weighted by Crippen LogP contribution is 2.30. The van der Waals surface area contributed by atoms with E-state index in [1.165, 1.54) is 38.1 Å². The Morgan fingerprint density at radius 1 is 0.926 bits per heavy atom. The molecule has 142 valence electrons. The van der Waals surface area contributed by atoms with Gasteiger partial charge in [-0.1, -0.05) is 18.2 Å². The number of benzene rings is 1. The van der Waals surface area contributed by atoms with E-state index in [0.29, 0.717) is 6.08 Å². The number of sulfone groups is 1. The number of hydrogen-bond acceptors (Lipinski definition) is 8. The van der Waals surface area contributed by atoms with E-state index in [1.807, 2.05) is 0 Å². The number of carbonyl (C=O) groups excluding carboxylic acids is 4. The molecule has 1 aliphatic carbocycles. The van der Waals surface area contributed by atoms with Crippen molar-refractivity contribution in [2.24, 2.45) is 0 Å². The molecule has 1 aromatic carbocycles. The minimum atomic E-state index is -4.58. The molecule has 2 rings (SSSR count). The second-order valence-corrected chi connectivity index (χ2v) is 7.10. The van der Waals surface area contributed by atoms with Crippen LogP contribution in [0, 0.1) is 0 Å². The summed E-state index contributed by atoms with van der Waals surface area (Å²) in [5, 5.41) is 0. The highest BCUT2D eigenvalue weighted by Gasteiger charge is 2.43. The lowest BCUT2D eigenvalue weighted by Gasteiger charge is -2.17. The van der Waals surface area contributed by atoms with Crippen molar-refractivity contribution in [3.05, 3.63) is 52.5 Å². The van der Waals surface area contributed by atoms with Crippen LogP contribution in [0.1, 0.15) is 13.8 Å². The fourth-order valence-corrected chi connectivity index (χ4v) is 3.91. The van der Waals surface area contributed by atoms with Crippen LogP contribution in [0.4, 0.5) is 0 Å². The van der Waals surface area contributed by atoms with Gasteiger partial charge in [0.1, 0.15) is 16.1 Å². The molecular formula is C18H16O8S. The molecule has 0 radical (unpaired) electrons. The summed E-state index contributed by atoms with van der Waals surface area (Å²) in [5.74, 6) is -4.82. The molecule has 1 aliphatic rings. The summed E-state index contributed by atoms with van der Waals surface area (Å²) < 4.78 is 35.4. The van der Waals surface area contributed by atoms with Gasteiger partial charge in [0.15, 0.2) is 5.78 Å². The smallest absolute Gasteiger partial charge is 0.343 e. The van der Waals surface area contributed by atoms with Crippen LogP contribution in [0.2, 0.25) is 0 Å². The molecule has 0 atom stereocenters. The van der Waals surface area contributed by atoms with Gasteiger partial charge in [0.05, 0.1) is 18.1 Å². The van der Waals surface area contributed by atoms with Gasteiger partial charge in [-0.2, -0.15) is 0 Å². The van der Waals surface area contributed by atoms with Gasteiger partial charge in [-0.25, -0.2) is 18.0 Å². The molecule has 0 aliphatic heterocycles. The van der Waals surface area contributed by atoms with E-state index in [-0.39, 0.29) is 18.1 Å². The Bertz CT molecular complexity index is 968. The zero-order valence-electron chi connectivity index (χ0n) is 14.6. The van der Waals surface area contributed by atoms with Crippen LogP contribution < -0.4 is 0 Å². The molecule has 0 saturated carbocycles. The van der Waals surface area contributed by atoms with Crippen LogP contribution in [0.25, 0.3) is 0 Å². The van der Waals surface area contributed by atoms with Crippen molar-refractivity contribution in [2.45, 2.75) is 18.7 Å². The lowest BCUT2D eigenvalue weighted by molar-refractivity contribution is -0.142. The Hall–Kier alpha value is -3.07. The Morgan fingerprint density at radius 3 is 2.04 bits per heavy atom. The Balaban J connectivity index is 2.73. The molecule has 8 nitrogen and oxygen atoms in total. The minimum Gasteiger partial charge on any atom is -0.462 e. The van der Waals surface area contributed by atoms with Gasteiger partial charge < -0.3 is 9.47 Å². The van der Waals surface area contributed by atoms with Gasteiger partial charge in [0.2, 0.25) is 15.6 Å². The third-order valence-electron chi connectivity index (χ3n) is 3.50. The van der Waals surface area contributed by atoms with Gasteiger partial charge in [-0.3, -0.25) is 9.59 Å². The first-order valence-corrected chi connectivity index (χ1v) is 9.43. The summed E-state index contributed by atoms with van der Waals surface area (Å²) in [6.45, 7) is 2.71. The molecule has 27 heavy (non-hydrogen) atoms. The standard InChI is InChI=1S/C18H16O8S/c1-3-25-17(21)12-10-13(19)14(18(22)26-4-2)16(15(12)20)27(23,24)11-8-6-5-7-9-11/h5-10H,3-4H2,1-2H3. The minimum absolute atomic E-state index is 0.0904. The van der Waals surface area contributed by atoms with Crippen molar-refractivity contribution < 1.29 is 37.1 Å². The number of ketones is 2. The average Bonchev–Trinajstić information content (AvgIpc) is 2.63. The van der Waals surface area contributed by atoms with Crippen LogP contribution in [0.3, 0.4) is 0 Å². The zero-order chi connectivity index (χ0) is 20.2. The largest absolute Gasteiger partial charge is 0.462 e. The van der Waals surface area contributed by atoms with E-state index >= 15 is 0 Å². The Morgan fingerprint density at radius 2 is 1.48 bits per heavy atom. The summed E-state index contributed by atoms with van der Waals surface area (Å²) >= 11 is 0. The van der Waals surface area contributed by atoms with E-state index in [9.17, 15) is 27.6 Å². The van der Waals surface area contributed by atoms with Crippen LogP contribution in [-0.2, 0) is 38.5 Å². The molecule has 0 N–H and O–H groups in total. The lowest BCUT2D eigenvalue weighted by Crippen LogP contribution is -2.32. The molecule has 0 heterocycles. The first-order chi connectivity index (χ1) is 12.8. The zero-order valence-corrected chi connectivity index (χ0v) is 15.4. The number of hydrogen-bond donors (Lipinski definition) is 0. The van der Waals surface area contributed by atoms with Crippen LogP contribution in [0.5, 0.6) is 0 Å². The molecule has 0 fully saturated rings. The molecular weight excluding hydrogens is 376 g/mol. The van der Waals surface area contributed by atoms with E-state index in [1.54, 1.807) is 6.07 Å². The molecule has 0 saturated heterocycles. The van der Waals surface area contributed by atoms with Gasteiger partial charge in [0, 0.05) is 6.08 Å². The van der Waals surface area contributed by atoms with E-state index in [0.717, 1.165) is 0 Å². The maximum absolute atomic E-state index is 13.0. The molecule has 1 aromatic rings. The van der Waals surface area contributed by atoms with E-state index in [2.05, 4.69) is 0 Å². The SMILES string of the molecule is CCOC(=O)C1=CC(=O)C(C(=O)OCC)=C(S(=O)(=O)c2ccccc2)C1=O. The first-order valence-electron chi connectivity index (χ1n) is 7.95. The maximum atomic E-state index is 13.0. The van der Waals surface area contributed by atoms with Crippen molar-refractivity contribution in [3.8, 4) is 0 Å². The first kappa shape index (κ1) is 20.2. The highest BCUT2D eigenvalue weighted by molar-refractivity contribution is 7.96. The predicted molar refractivity (Wildman–Crippen MR) is 92.0 cm³/mol. The van der Waals surface area contributed by atoms with Crippen molar-refractivity contribution in [1.82, 2.24) is 0 Å². The van der Waals surface area contributed by atoms with Gasteiger partial charge in [0.25, 0.3) is 0 Å². The normalized spacial score (nSPS) is 14.7. The van der Waals surface area contributed by atoms with Crippen LogP contribution in [0.15, 0.2) is 57.4 Å². The lowest BCUT2D eigenvalue weighted by atomic mass is 9.96. The summed E-state index contributed by atoms with van der Waals surface area (Å²) in [4.78, 5) is 47.9. The molecule has 0 amide bonds. The summed E-state index contributed by atoms with van der Waals surface area (Å²) in [6, 6.07) is 6.78. The summed E-state index contributed by atoms with van der Waals surface area (Å²) in [7, 11) is -4.58. The van der Waals surface area contributed by atoms with Crippen molar-refractivity contribution in [2.75, 3.05) is 13.2 Å². The molecule has 9 heteroatoms. The van der Waals surface area contributed by atoms with Crippen LogP contribution in [-0.4, -0.2) is 45.1 Å². The van der Waals surface area contributed by atoms with Gasteiger partial charge >= 0.3 is 11.9 Å². The number of ether oxygens (including phenoxy) is 2. The monoisotopic (exact) mass is 392 g/mol. The Labute approximate surface area is 155 Å². The molecule has 0 bridgehead atoms. The maximum Gasteiger partial charge on any atom is 0.343 e. The molecule has 0 spiro atoms. The third-order valence-corrected chi connectivity index (χ3v) is 5.32. The van der Waals surface area contributed by atoms with Crippen molar-refractivity contribution in [3.63, 3.8) is 0 Å². The van der Waals surface area contributed by atoms with Gasteiger partial charge in [-0.05, 0) is 26.0 Å². The summed E-state index contributed by atoms with van der Waals surface area (Å²) in [5.41, 5.74) is -1.69. The quantitative estimate of drug-likeness (QED) is 0.398. The van der Waals surface area contributed by atoms with Gasteiger partial charge in [-0.15, -0.1) is 0 Å². The van der Waals surface area contributed by atoms with Crippen molar-refractivity contribution >= 4 is 33.3 Å². The number of carbonyl (C=O) groups is 4. The number of allylic oxidation sites excluding steroid dienone is 2. The summed E-state index contributed by atoms with van der Waals surface area (Å²) in [6.07, 6.45) is 0.594. The number of rotatable bonds is 6. The van der Waals surface area contributed by atoms with Crippen LogP contribution >= 0.6 is 0 Å². The Kier molecular flexibility index (Phi) is 6.06. The topological polar surface area (TPSA) is 121 Å². The second-order valence-electron chi connectivity index (χ2n) is 5.21. The third kappa shape index (κ3) is 3.87.